The monoisotopic (exact) mass is 358 g/mol. The van der Waals surface area contributed by atoms with Crippen LogP contribution in [0, 0.1) is 5.92 Å². The zero-order chi connectivity index (χ0) is 18.7. The lowest BCUT2D eigenvalue weighted by Crippen LogP contribution is -2.43. The predicted octanol–water partition coefficient (Wildman–Crippen LogP) is 4.34. The molecule has 1 amide bonds. The van der Waals surface area contributed by atoms with Crippen LogP contribution in [0.2, 0.25) is 0 Å². The molecular weight excluding hydrogens is 324 g/mol. The Bertz CT molecular complexity index is 458. The van der Waals surface area contributed by atoms with Crippen LogP contribution < -0.4 is 0 Å². The van der Waals surface area contributed by atoms with Gasteiger partial charge in [-0.05, 0) is 74.1 Å². The van der Waals surface area contributed by atoms with Crippen LogP contribution in [0.3, 0.4) is 0 Å². The SMILES string of the molecule is C/C(=N\[S@@+]([O-])C(C)(C)C)[C@H]1CC[C@H](N(C)C(=O)OC(C)(C)C)CC1. The van der Waals surface area contributed by atoms with Gasteiger partial charge < -0.3 is 14.2 Å². The third-order valence-corrected chi connectivity index (χ3v) is 5.77. The molecule has 0 saturated heterocycles. The molecule has 0 aromatic heterocycles. The van der Waals surface area contributed by atoms with E-state index in [4.69, 9.17) is 4.74 Å². The van der Waals surface area contributed by atoms with Crippen molar-refractivity contribution in [1.82, 2.24) is 4.90 Å². The fraction of sp³-hybridized carbons (Fsp3) is 0.889. The van der Waals surface area contributed by atoms with Gasteiger partial charge in [0.05, 0.1) is 5.71 Å². The van der Waals surface area contributed by atoms with Crippen LogP contribution in [0.15, 0.2) is 4.40 Å². The Labute approximate surface area is 150 Å². The molecule has 1 aliphatic rings. The maximum Gasteiger partial charge on any atom is 0.410 e. The topological polar surface area (TPSA) is 65.0 Å². The Morgan fingerprint density at radius 2 is 1.62 bits per heavy atom. The lowest BCUT2D eigenvalue weighted by molar-refractivity contribution is 0.0181. The average Bonchev–Trinajstić information content (AvgIpc) is 2.43. The molecule has 0 aromatic rings. The summed E-state index contributed by atoms with van der Waals surface area (Å²) in [4.78, 5) is 13.9. The zero-order valence-electron chi connectivity index (χ0n) is 16.5. The second-order valence-electron chi connectivity index (χ2n) is 8.69. The van der Waals surface area contributed by atoms with Gasteiger partial charge in [0.25, 0.3) is 0 Å². The van der Waals surface area contributed by atoms with Crippen molar-refractivity contribution in [3.05, 3.63) is 0 Å². The smallest absolute Gasteiger partial charge is 0.410 e. The van der Waals surface area contributed by atoms with E-state index in [1.54, 1.807) is 4.90 Å². The molecular formula is C18H34N2O3S. The highest BCUT2D eigenvalue weighted by Crippen LogP contribution is 2.30. The lowest BCUT2D eigenvalue weighted by atomic mass is 9.83. The first-order chi connectivity index (χ1) is 10.8. The third kappa shape index (κ3) is 6.63. The van der Waals surface area contributed by atoms with Crippen molar-refractivity contribution < 1.29 is 14.1 Å². The third-order valence-electron chi connectivity index (χ3n) is 4.27. The lowest BCUT2D eigenvalue weighted by Gasteiger charge is -2.35. The van der Waals surface area contributed by atoms with Gasteiger partial charge in [0.15, 0.2) is 0 Å². The summed E-state index contributed by atoms with van der Waals surface area (Å²) in [5.74, 6) is 0.361. The van der Waals surface area contributed by atoms with Crippen LogP contribution in [0.5, 0.6) is 0 Å². The summed E-state index contributed by atoms with van der Waals surface area (Å²) in [5, 5.41) is 0. The number of rotatable bonds is 3. The van der Waals surface area contributed by atoms with Crippen LogP contribution in [0.25, 0.3) is 0 Å². The molecule has 1 saturated carbocycles. The van der Waals surface area contributed by atoms with Crippen molar-refractivity contribution in [2.45, 2.75) is 90.5 Å². The largest absolute Gasteiger partial charge is 0.591 e. The van der Waals surface area contributed by atoms with Crippen LogP contribution in [-0.2, 0) is 16.1 Å². The first kappa shape index (κ1) is 21.3. The molecule has 0 heterocycles. The Balaban J connectivity index is 2.57. The Morgan fingerprint density at radius 3 is 2.04 bits per heavy atom. The molecule has 1 rings (SSSR count). The minimum atomic E-state index is -1.20. The molecule has 5 nitrogen and oxygen atoms in total. The van der Waals surface area contributed by atoms with Crippen molar-refractivity contribution in [3.63, 3.8) is 0 Å². The summed E-state index contributed by atoms with van der Waals surface area (Å²) in [6, 6.07) is 0.206. The van der Waals surface area contributed by atoms with Crippen molar-refractivity contribution in [3.8, 4) is 0 Å². The number of ether oxygens (including phenoxy) is 1. The van der Waals surface area contributed by atoms with E-state index in [9.17, 15) is 9.35 Å². The molecule has 0 aromatic carbocycles. The highest BCUT2D eigenvalue weighted by Gasteiger charge is 2.32. The predicted molar refractivity (Wildman–Crippen MR) is 101 cm³/mol. The molecule has 0 unspecified atom stereocenters. The van der Waals surface area contributed by atoms with Crippen LogP contribution >= 0.6 is 0 Å². The van der Waals surface area contributed by atoms with Crippen LogP contribution in [0.1, 0.15) is 74.1 Å². The molecule has 0 spiro atoms. The van der Waals surface area contributed by atoms with Crippen molar-refractivity contribution >= 4 is 23.2 Å². The molecule has 0 bridgehead atoms. The number of hydrogen-bond acceptors (Lipinski definition) is 4. The molecule has 6 heteroatoms. The molecule has 1 atom stereocenters. The second kappa shape index (κ2) is 8.09. The van der Waals surface area contributed by atoms with E-state index in [0.29, 0.717) is 5.92 Å². The molecule has 1 fully saturated rings. The van der Waals surface area contributed by atoms with Crippen molar-refractivity contribution in [1.29, 1.82) is 0 Å². The van der Waals surface area contributed by atoms with Crippen molar-refractivity contribution in [2.75, 3.05) is 7.05 Å². The van der Waals surface area contributed by atoms with Crippen LogP contribution in [0.4, 0.5) is 4.79 Å². The molecule has 140 valence electrons. The molecule has 0 radical (unpaired) electrons. The Kier molecular flexibility index (Phi) is 7.17. The number of hydrogen-bond donors (Lipinski definition) is 0. The Hall–Kier alpha value is -0.750. The second-order valence-corrected chi connectivity index (χ2v) is 10.6. The number of nitrogens with zero attached hydrogens (tertiary/aromatic N) is 2. The molecule has 1 aliphatic carbocycles. The van der Waals surface area contributed by atoms with E-state index in [1.807, 2.05) is 55.5 Å². The first-order valence-electron chi connectivity index (χ1n) is 8.74. The zero-order valence-corrected chi connectivity index (χ0v) is 17.3. The summed E-state index contributed by atoms with van der Waals surface area (Å²) in [6.45, 7) is 13.4. The number of amides is 1. The fourth-order valence-corrected chi connectivity index (χ4v) is 3.39. The summed E-state index contributed by atoms with van der Waals surface area (Å²) < 4.78 is 21.7. The van der Waals surface area contributed by atoms with Gasteiger partial charge in [-0.25, -0.2) is 4.79 Å². The minimum Gasteiger partial charge on any atom is -0.591 e. The average molecular weight is 359 g/mol. The van der Waals surface area contributed by atoms with Gasteiger partial charge in [0, 0.05) is 19.0 Å². The highest BCUT2D eigenvalue weighted by molar-refractivity contribution is 7.91. The van der Waals surface area contributed by atoms with E-state index >= 15 is 0 Å². The van der Waals surface area contributed by atoms with E-state index in [0.717, 1.165) is 31.4 Å². The van der Waals surface area contributed by atoms with E-state index in [-0.39, 0.29) is 16.9 Å². The van der Waals surface area contributed by atoms with Crippen molar-refractivity contribution in [2.24, 2.45) is 10.3 Å². The highest BCUT2D eigenvalue weighted by atomic mass is 32.2. The molecule has 0 aliphatic heterocycles. The quantitative estimate of drug-likeness (QED) is 0.557. The molecule has 0 N–H and O–H groups in total. The first-order valence-corrected chi connectivity index (χ1v) is 9.85. The maximum absolute atomic E-state index is 12.2. The van der Waals surface area contributed by atoms with E-state index < -0.39 is 17.0 Å². The van der Waals surface area contributed by atoms with Gasteiger partial charge >= 0.3 is 6.09 Å². The van der Waals surface area contributed by atoms with Gasteiger partial charge in [-0.15, -0.1) is 0 Å². The summed E-state index contributed by atoms with van der Waals surface area (Å²) in [6.07, 6.45) is 3.53. The molecule has 24 heavy (non-hydrogen) atoms. The minimum absolute atomic E-state index is 0.206. The number of carbonyl (C=O) groups excluding carboxylic acids is 1. The van der Waals surface area contributed by atoms with Gasteiger partial charge in [0.2, 0.25) is 0 Å². The van der Waals surface area contributed by atoms with Crippen LogP contribution in [-0.4, -0.2) is 44.7 Å². The number of carbonyl (C=O) groups is 1. The Morgan fingerprint density at radius 1 is 1.12 bits per heavy atom. The van der Waals surface area contributed by atoms with Gasteiger partial charge in [-0.3, -0.25) is 0 Å². The van der Waals surface area contributed by atoms with E-state index in [2.05, 4.69) is 4.40 Å². The van der Waals surface area contributed by atoms with E-state index in [1.165, 1.54) is 0 Å². The fourth-order valence-electron chi connectivity index (χ4n) is 2.71. The summed E-state index contributed by atoms with van der Waals surface area (Å²) in [5.41, 5.74) is 0.504. The van der Waals surface area contributed by atoms with Gasteiger partial charge in [-0.1, -0.05) is 4.40 Å². The van der Waals surface area contributed by atoms with Gasteiger partial charge in [0.1, 0.15) is 21.7 Å². The summed E-state index contributed by atoms with van der Waals surface area (Å²) in [7, 11) is 1.81. The van der Waals surface area contributed by atoms with Gasteiger partial charge in [-0.2, -0.15) is 0 Å². The normalized spacial score (nSPS) is 24.5. The maximum atomic E-state index is 12.2. The standard InChI is InChI=1S/C18H34N2O3S/c1-13(19-24(22)18(5,6)7)14-9-11-15(12-10-14)20(8)16(21)23-17(2,3)4/h14-15H,9-12H2,1-8H3/b19-13+/t14-,15-,24-/m0/s1. The summed E-state index contributed by atoms with van der Waals surface area (Å²) >= 11 is -1.20.